The molecular formula is C29H31N5O2. The van der Waals surface area contributed by atoms with Crippen molar-refractivity contribution in [1.29, 1.82) is 0 Å². The summed E-state index contributed by atoms with van der Waals surface area (Å²) in [4.78, 5) is 24.2. The van der Waals surface area contributed by atoms with E-state index in [9.17, 15) is 4.79 Å². The molecule has 1 aliphatic rings. The molecule has 2 aromatic carbocycles. The van der Waals surface area contributed by atoms with Gasteiger partial charge in [0.1, 0.15) is 12.4 Å². The molecule has 0 spiro atoms. The van der Waals surface area contributed by atoms with Gasteiger partial charge >= 0.3 is 0 Å². The molecule has 1 amide bonds. The van der Waals surface area contributed by atoms with E-state index in [1.54, 1.807) is 19.5 Å². The number of hydrogen-bond acceptors (Lipinski definition) is 5. The Kier molecular flexibility index (Phi) is 6.80. The lowest BCUT2D eigenvalue weighted by Gasteiger charge is -2.31. The van der Waals surface area contributed by atoms with Crippen molar-refractivity contribution in [2.75, 3.05) is 20.2 Å². The molecule has 2 aromatic heterocycles. The smallest absolute Gasteiger partial charge is 0.244 e. The number of nitrogens with zero attached hydrogens (tertiary/aromatic N) is 5. The van der Waals surface area contributed by atoms with E-state index in [-0.39, 0.29) is 18.4 Å². The summed E-state index contributed by atoms with van der Waals surface area (Å²) in [6.45, 7) is 5.79. The van der Waals surface area contributed by atoms with Crippen molar-refractivity contribution >= 4 is 5.91 Å². The maximum absolute atomic E-state index is 13.3. The number of carbonyl (C=O) groups is 1. The SMILES string of the molecule is COc1cnc(C2CCN(C(=O)Cn3nc(-c4ccc(C)c(C)c4)cc3-c3ccccc3)CC2)nc1. The molecule has 1 aliphatic heterocycles. The lowest BCUT2D eigenvalue weighted by atomic mass is 9.96. The molecule has 0 atom stereocenters. The molecule has 1 saturated heterocycles. The van der Waals surface area contributed by atoms with Gasteiger partial charge in [-0.05, 0) is 55.5 Å². The van der Waals surface area contributed by atoms with Gasteiger partial charge < -0.3 is 9.64 Å². The topological polar surface area (TPSA) is 73.1 Å². The fourth-order valence-electron chi connectivity index (χ4n) is 4.68. The van der Waals surface area contributed by atoms with Crippen LogP contribution in [0.1, 0.15) is 35.7 Å². The number of amides is 1. The molecule has 36 heavy (non-hydrogen) atoms. The first-order valence-corrected chi connectivity index (χ1v) is 12.4. The highest BCUT2D eigenvalue weighted by Crippen LogP contribution is 2.29. The molecule has 0 saturated carbocycles. The van der Waals surface area contributed by atoms with Gasteiger partial charge in [-0.15, -0.1) is 0 Å². The third kappa shape index (κ3) is 5.00. The lowest BCUT2D eigenvalue weighted by molar-refractivity contribution is -0.133. The average molecular weight is 482 g/mol. The number of aromatic nitrogens is 4. The Morgan fingerprint density at radius 1 is 0.944 bits per heavy atom. The summed E-state index contributed by atoms with van der Waals surface area (Å²) in [6, 6.07) is 18.6. The standard InChI is InChI=1S/C29H31N5O2/c1-20-9-10-24(15-21(20)2)26-16-27(22-7-5-4-6-8-22)34(32-26)19-28(35)33-13-11-23(12-14-33)29-30-17-25(36-3)18-31-29/h4-10,15-18,23H,11-14,19H2,1-3H3. The summed E-state index contributed by atoms with van der Waals surface area (Å²) in [7, 11) is 1.61. The number of likely N-dealkylation sites (tertiary alicyclic amines) is 1. The molecule has 4 aromatic rings. The molecule has 1 fully saturated rings. The maximum Gasteiger partial charge on any atom is 0.244 e. The predicted molar refractivity (Wildman–Crippen MR) is 140 cm³/mol. The summed E-state index contributed by atoms with van der Waals surface area (Å²) >= 11 is 0. The Labute approximate surface area is 211 Å². The van der Waals surface area contributed by atoms with E-state index in [0.717, 1.165) is 41.2 Å². The van der Waals surface area contributed by atoms with Crippen molar-refractivity contribution in [3.8, 4) is 28.3 Å². The summed E-state index contributed by atoms with van der Waals surface area (Å²) in [5.74, 6) is 1.80. The zero-order chi connectivity index (χ0) is 25.1. The Morgan fingerprint density at radius 3 is 2.33 bits per heavy atom. The average Bonchev–Trinajstić information content (AvgIpc) is 3.34. The van der Waals surface area contributed by atoms with Crippen LogP contribution in [-0.4, -0.2) is 50.8 Å². The normalized spacial score (nSPS) is 14.1. The maximum atomic E-state index is 13.3. The Morgan fingerprint density at radius 2 is 1.67 bits per heavy atom. The van der Waals surface area contributed by atoms with Crippen LogP contribution in [0.25, 0.3) is 22.5 Å². The van der Waals surface area contributed by atoms with Crippen molar-refractivity contribution in [2.45, 2.75) is 39.2 Å². The minimum Gasteiger partial charge on any atom is -0.494 e. The minimum absolute atomic E-state index is 0.0796. The van der Waals surface area contributed by atoms with E-state index in [1.165, 1.54) is 11.1 Å². The first-order valence-electron chi connectivity index (χ1n) is 12.4. The van der Waals surface area contributed by atoms with Crippen molar-refractivity contribution in [2.24, 2.45) is 0 Å². The van der Waals surface area contributed by atoms with E-state index in [2.05, 4.69) is 60.2 Å². The van der Waals surface area contributed by atoms with Crippen LogP contribution < -0.4 is 4.74 Å². The number of aryl methyl sites for hydroxylation is 2. The summed E-state index contributed by atoms with van der Waals surface area (Å²) < 4.78 is 7.01. The number of ether oxygens (including phenoxy) is 1. The fourth-order valence-corrected chi connectivity index (χ4v) is 4.68. The highest BCUT2D eigenvalue weighted by molar-refractivity contribution is 5.78. The highest BCUT2D eigenvalue weighted by Gasteiger charge is 2.26. The zero-order valence-corrected chi connectivity index (χ0v) is 21.0. The minimum atomic E-state index is 0.0796. The van der Waals surface area contributed by atoms with Gasteiger partial charge in [-0.25, -0.2) is 9.97 Å². The van der Waals surface area contributed by atoms with Crippen LogP contribution in [0, 0.1) is 13.8 Å². The van der Waals surface area contributed by atoms with Gasteiger partial charge in [0.25, 0.3) is 0 Å². The van der Waals surface area contributed by atoms with Crippen LogP contribution in [0.3, 0.4) is 0 Å². The van der Waals surface area contributed by atoms with Crippen LogP contribution in [0.4, 0.5) is 0 Å². The Balaban J connectivity index is 1.33. The number of piperidine rings is 1. The van der Waals surface area contributed by atoms with Crippen molar-refractivity contribution in [1.82, 2.24) is 24.6 Å². The summed E-state index contributed by atoms with van der Waals surface area (Å²) in [6.07, 6.45) is 5.10. The van der Waals surface area contributed by atoms with Crippen LogP contribution in [-0.2, 0) is 11.3 Å². The first kappa shape index (κ1) is 23.7. The molecule has 7 heteroatoms. The zero-order valence-electron chi connectivity index (χ0n) is 21.0. The van der Waals surface area contributed by atoms with Gasteiger partial charge in [0.15, 0.2) is 5.75 Å². The number of hydrogen-bond donors (Lipinski definition) is 0. The van der Waals surface area contributed by atoms with E-state index in [1.807, 2.05) is 27.8 Å². The predicted octanol–water partition coefficient (Wildman–Crippen LogP) is 5.04. The number of rotatable bonds is 6. The van der Waals surface area contributed by atoms with Crippen molar-refractivity contribution in [3.05, 3.63) is 83.9 Å². The van der Waals surface area contributed by atoms with Crippen LogP contribution >= 0.6 is 0 Å². The second-order valence-electron chi connectivity index (χ2n) is 9.37. The van der Waals surface area contributed by atoms with Gasteiger partial charge in [-0.3, -0.25) is 9.48 Å². The van der Waals surface area contributed by atoms with Gasteiger partial charge in [-0.2, -0.15) is 5.10 Å². The van der Waals surface area contributed by atoms with Crippen molar-refractivity contribution < 1.29 is 9.53 Å². The molecule has 0 aliphatic carbocycles. The van der Waals surface area contributed by atoms with E-state index < -0.39 is 0 Å². The molecule has 5 rings (SSSR count). The lowest BCUT2D eigenvalue weighted by Crippen LogP contribution is -2.40. The highest BCUT2D eigenvalue weighted by atomic mass is 16.5. The quantitative estimate of drug-likeness (QED) is 0.386. The summed E-state index contributed by atoms with van der Waals surface area (Å²) in [5, 5.41) is 4.88. The van der Waals surface area contributed by atoms with Crippen LogP contribution in [0.2, 0.25) is 0 Å². The number of methoxy groups -OCH3 is 1. The Hall–Kier alpha value is -4.00. The second-order valence-corrected chi connectivity index (χ2v) is 9.37. The Bertz CT molecular complexity index is 1340. The summed E-state index contributed by atoms with van der Waals surface area (Å²) in [5.41, 5.74) is 6.40. The largest absolute Gasteiger partial charge is 0.494 e. The number of carbonyl (C=O) groups excluding carboxylic acids is 1. The molecule has 0 bridgehead atoms. The molecule has 0 N–H and O–H groups in total. The second kappa shape index (κ2) is 10.3. The molecular weight excluding hydrogens is 450 g/mol. The number of benzene rings is 2. The fraction of sp³-hybridized carbons (Fsp3) is 0.310. The molecule has 0 radical (unpaired) electrons. The van der Waals surface area contributed by atoms with Gasteiger partial charge in [0, 0.05) is 24.6 Å². The third-order valence-electron chi connectivity index (χ3n) is 7.03. The van der Waals surface area contributed by atoms with Gasteiger partial charge in [-0.1, -0.05) is 42.5 Å². The van der Waals surface area contributed by atoms with Crippen molar-refractivity contribution in [3.63, 3.8) is 0 Å². The van der Waals surface area contributed by atoms with E-state index in [0.29, 0.717) is 18.8 Å². The van der Waals surface area contributed by atoms with Gasteiger partial charge in [0.2, 0.25) is 5.91 Å². The van der Waals surface area contributed by atoms with Crippen LogP contribution in [0.5, 0.6) is 5.75 Å². The first-order chi connectivity index (χ1) is 17.5. The van der Waals surface area contributed by atoms with Crippen LogP contribution in [0.15, 0.2) is 67.0 Å². The van der Waals surface area contributed by atoms with E-state index >= 15 is 0 Å². The monoisotopic (exact) mass is 481 g/mol. The molecule has 3 heterocycles. The third-order valence-corrected chi connectivity index (χ3v) is 7.03. The van der Waals surface area contributed by atoms with E-state index in [4.69, 9.17) is 9.84 Å². The molecule has 7 nitrogen and oxygen atoms in total. The molecule has 184 valence electrons. The molecule has 0 unspecified atom stereocenters. The van der Waals surface area contributed by atoms with Gasteiger partial charge in [0.05, 0.1) is 30.9 Å².